The van der Waals surface area contributed by atoms with Crippen molar-refractivity contribution in [3.8, 4) is 11.6 Å². The van der Waals surface area contributed by atoms with Crippen molar-refractivity contribution < 1.29 is 19.1 Å². The molecule has 0 N–H and O–H groups in total. The highest BCUT2D eigenvalue weighted by atomic mass is 16.5. The van der Waals surface area contributed by atoms with Crippen molar-refractivity contribution in [3.05, 3.63) is 53.7 Å². The van der Waals surface area contributed by atoms with Crippen LogP contribution >= 0.6 is 0 Å². The van der Waals surface area contributed by atoms with Gasteiger partial charge in [-0.2, -0.15) is 0 Å². The lowest BCUT2D eigenvalue weighted by atomic mass is 9.90. The van der Waals surface area contributed by atoms with Crippen molar-refractivity contribution in [2.45, 2.75) is 69.9 Å². The van der Waals surface area contributed by atoms with E-state index in [9.17, 15) is 9.59 Å². The number of amides is 2. The monoisotopic (exact) mass is 479 g/mol. The Morgan fingerprint density at radius 2 is 1.74 bits per heavy atom. The molecule has 0 radical (unpaired) electrons. The van der Waals surface area contributed by atoms with Gasteiger partial charge in [-0.15, -0.1) is 0 Å². The molecule has 1 aliphatic heterocycles. The van der Waals surface area contributed by atoms with E-state index in [4.69, 9.17) is 9.47 Å². The topological polar surface area (TPSA) is 72.0 Å². The second kappa shape index (κ2) is 12.0. The highest BCUT2D eigenvalue weighted by molar-refractivity contribution is 5.97. The SMILES string of the molecule is COc1cc(C(=O)N2CCCCCCCN(C)C(=O)c3ccccc3O[C@H]3CCCC[C@H]32)ccn1. The summed E-state index contributed by atoms with van der Waals surface area (Å²) in [5.74, 6) is 1.01. The Labute approximate surface area is 208 Å². The molecule has 1 aromatic carbocycles. The molecule has 4 rings (SSSR count). The Morgan fingerprint density at radius 1 is 1.00 bits per heavy atom. The van der Waals surface area contributed by atoms with Crippen LogP contribution in [-0.4, -0.2) is 66.0 Å². The van der Waals surface area contributed by atoms with Crippen LogP contribution in [0.3, 0.4) is 0 Å². The number of hydrogen-bond donors (Lipinski definition) is 0. The van der Waals surface area contributed by atoms with Crippen LogP contribution in [0.25, 0.3) is 0 Å². The van der Waals surface area contributed by atoms with Crippen LogP contribution in [0.15, 0.2) is 42.6 Å². The van der Waals surface area contributed by atoms with Crippen LogP contribution in [0.2, 0.25) is 0 Å². The van der Waals surface area contributed by atoms with Gasteiger partial charge in [-0.05, 0) is 50.3 Å². The van der Waals surface area contributed by atoms with Gasteiger partial charge in [-0.25, -0.2) is 4.98 Å². The average Bonchev–Trinajstić information content (AvgIpc) is 2.90. The second-order valence-electron chi connectivity index (χ2n) is 9.58. The summed E-state index contributed by atoms with van der Waals surface area (Å²) >= 11 is 0. The van der Waals surface area contributed by atoms with E-state index in [1.165, 1.54) is 0 Å². The van der Waals surface area contributed by atoms with E-state index < -0.39 is 0 Å². The Balaban J connectivity index is 1.67. The minimum atomic E-state index is -0.166. The quantitative estimate of drug-likeness (QED) is 0.609. The Hall–Kier alpha value is -3.09. The number of fused-ring (bicyclic) bond motifs is 2. The van der Waals surface area contributed by atoms with Crippen molar-refractivity contribution in [2.24, 2.45) is 0 Å². The Morgan fingerprint density at radius 3 is 2.57 bits per heavy atom. The maximum absolute atomic E-state index is 13.8. The summed E-state index contributed by atoms with van der Waals surface area (Å²) < 4.78 is 11.8. The number of hydrogen-bond acceptors (Lipinski definition) is 5. The van der Waals surface area contributed by atoms with Gasteiger partial charge >= 0.3 is 0 Å². The lowest BCUT2D eigenvalue weighted by Gasteiger charge is -2.40. The molecule has 7 nitrogen and oxygen atoms in total. The normalized spacial score (nSPS) is 22.2. The Bertz CT molecular complexity index is 1010. The third-order valence-corrected chi connectivity index (χ3v) is 7.15. The first-order chi connectivity index (χ1) is 17.1. The lowest BCUT2D eigenvalue weighted by molar-refractivity contribution is 0.0270. The summed E-state index contributed by atoms with van der Waals surface area (Å²) in [5, 5.41) is 0. The molecule has 0 unspecified atom stereocenters. The first-order valence-corrected chi connectivity index (χ1v) is 12.9. The highest BCUT2D eigenvalue weighted by Crippen LogP contribution is 2.31. The molecule has 1 fully saturated rings. The molecular formula is C28H37N3O4. The number of carbonyl (C=O) groups excluding carboxylic acids is 2. The molecule has 0 spiro atoms. The maximum atomic E-state index is 13.8. The fourth-order valence-electron chi connectivity index (χ4n) is 5.19. The zero-order valence-corrected chi connectivity index (χ0v) is 20.9. The average molecular weight is 480 g/mol. The lowest BCUT2D eigenvalue weighted by Crippen LogP contribution is -2.51. The van der Waals surface area contributed by atoms with Gasteiger partial charge in [0.15, 0.2) is 0 Å². The number of para-hydroxylation sites is 1. The van der Waals surface area contributed by atoms with Crippen LogP contribution in [0.4, 0.5) is 0 Å². The molecule has 35 heavy (non-hydrogen) atoms. The molecule has 2 amide bonds. The number of benzene rings is 1. The fraction of sp³-hybridized carbons (Fsp3) is 0.536. The molecule has 2 aliphatic rings. The van der Waals surface area contributed by atoms with E-state index in [2.05, 4.69) is 4.98 Å². The predicted molar refractivity (Wildman–Crippen MR) is 135 cm³/mol. The molecule has 1 aromatic heterocycles. The first-order valence-electron chi connectivity index (χ1n) is 12.9. The molecule has 2 heterocycles. The van der Waals surface area contributed by atoms with Crippen LogP contribution in [0.1, 0.15) is 78.5 Å². The summed E-state index contributed by atoms with van der Waals surface area (Å²) in [7, 11) is 3.42. The number of ether oxygens (including phenoxy) is 2. The van der Waals surface area contributed by atoms with Gasteiger partial charge in [0.05, 0.1) is 18.7 Å². The number of pyridine rings is 1. The van der Waals surface area contributed by atoms with Gasteiger partial charge in [-0.1, -0.05) is 37.8 Å². The molecule has 7 heteroatoms. The van der Waals surface area contributed by atoms with E-state index in [-0.39, 0.29) is 24.0 Å². The third kappa shape index (κ3) is 6.13. The van der Waals surface area contributed by atoms with Crippen molar-refractivity contribution in [1.82, 2.24) is 14.8 Å². The molecule has 1 aliphatic carbocycles. The van der Waals surface area contributed by atoms with E-state index in [0.717, 1.165) is 64.3 Å². The van der Waals surface area contributed by atoms with E-state index in [1.54, 1.807) is 30.3 Å². The maximum Gasteiger partial charge on any atom is 0.257 e. The number of rotatable bonds is 2. The molecule has 1 saturated carbocycles. The number of carbonyl (C=O) groups is 2. The highest BCUT2D eigenvalue weighted by Gasteiger charge is 2.35. The smallest absolute Gasteiger partial charge is 0.257 e. The van der Waals surface area contributed by atoms with Gasteiger partial charge in [0.1, 0.15) is 11.9 Å². The van der Waals surface area contributed by atoms with E-state index >= 15 is 0 Å². The zero-order chi connectivity index (χ0) is 24.6. The van der Waals surface area contributed by atoms with Gasteiger partial charge in [0.25, 0.3) is 11.8 Å². The summed E-state index contributed by atoms with van der Waals surface area (Å²) in [6.45, 7) is 1.42. The molecule has 2 aromatic rings. The Kier molecular flexibility index (Phi) is 8.61. The molecular weight excluding hydrogens is 442 g/mol. The van der Waals surface area contributed by atoms with E-state index in [1.807, 2.05) is 36.2 Å². The summed E-state index contributed by atoms with van der Waals surface area (Å²) in [6.07, 6.45) is 10.4. The fourth-order valence-corrected chi connectivity index (χ4v) is 5.19. The van der Waals surface area contributed by atoms with Crippen LogP contribution in [0, 0.1) is 0 Å². The van der Waals surface area contributed by atoms with Crippen LogP contribution < -0.4 is 9.47 Å². The van der Waals surface area contributed by atoms with Gasteiger partial charge < -0.3 is 19.3 Å². The van der Waals surface area contributed by atoms with Crippen molar-refractivity contribution in [3.63, 3.8) is 0 Å². The van der Waals surface area contributed by atoms with Crippen molar-refractivity contribution in [2.75, 3.05) is 27.2 Å². The summed E-state index contributed by atoms with van der Waals surface area (Å²) in [5.41, 5.74) is 1.17. The van der Waals surface area contributed by atoms with E-state index in [0.29, 0.717) is 29.3 Å². The number of methoxy groups -OCH3 is 1. The minimum absolute atomic E-state index is 0.0142. The first kappa shape index (κ1) is 25.0. The molecule has 188 valence electrons. The molecule has 0 bridgehead atoms. The van der Waals surface area contributed by atoms with Crippen LogP contribution in [0.5, 0.6) is 11.6 Å². The van der Waals surface area contributed by atoms with Crippen LogP contribution in [-0.2, 0) is 0 Å². The molecule has 0 saturated heterocycles. The van der Waals surface area contributed by atoms with Gasteiger partial charge in [-0.3, -0.25) is 9.59 Å². The minimum Gasteiger partial charge on any atom is -0.487 e. The largest absolute Gasteiger partial charge is 0.487 e. The van der Waals surface area contributed by atoms with Gasteiger partial charge in [0, 0.05) is 38.0 Å². The third-order valence-electron chi connectivity index (χ3n) is 7.15. The number of nitrogens with zero attached hydrogens (tertiary/aromatic N) is 3. The number of aromatic nitrogens is 1. The molecule has 2 atom stereocenters. The zero-order valence-electron chi connectivity index (χ0n) is 20.9. The van der Waals surface area contributed by atoms with Crippen molar-refractivity contribution >= 4 is 11.8 Å². The summed E-state index contributed by atoms with van der Waals surface area (Å²) in [6, 6.07) is 10.9. The predicted octanol–water partition coefficient (Wildman–Crippen LogP) is 4.96. The summed E-state index contributed by atoms with van der Waals surface area (Å²) in [4.78, 5) is 35.0. The standard InChI is InChI=1S/C28H37N3O4/c1-30-18-10-4-3-5-11-19-31(27(32)21-16-17-29-26(20-21)34-2)23-13-7-9-15-25(23)35-24-14-8-6-12-22(24)28(30)33/h6,8,12,14,16-17,20,23,25H,3-5,7,9-11,13,15,18-19H2,1-2H3/t23-,25+/m1/s1. The van der Waals surface area contributed by atoms with Crippen molar-refractivity contribution in [1.29, 1.82) is 0 Å². The van der Waals surface area contributed by atoms with Gasteiger partial charge in [0.2, 0.25) is 5.88 Å². The second-order valence-corrected chi connectivity index (χ2v) is 9.58.